The van der Waals surface area contributed by atoms with Gasteiger partial charge in [0.05, 0.1) is 5.60 Å². The fourth-order valence-corrected chi connectivity index (χ4v) is 2.65. The van der Waals surface area contributed by atoms with E-state index in [1.807, 2.05) is 0 Å². The van der Waals surface area contributed by atoms with Gasteiger partial charge < -0.3 is 15.2 Å². The molecule has 0 radical (unpaired) electrons. The Morgan fingerprint density at radius 2 is 1.91 bits per heavy atom. The summed E-state index contributed by atoms with van der Waals surface area (Å²) in [6.07, 6.45) is 3.53. The van der Waals surface area contributed by atoms with Crippen LogP contribution in [0.4, 0.5) is 17.6 Å². The Morgan fingerprint density at radius 3 is 2.52 bits per heavy atom. The standard InChI is InChI=1S/C15H17F4NO3/c16-9-4-5-10(23-14(18)19)12(17)11(9)13(21)20-8-15(22)6-2-1-3-7-15/h4-5,14,22H,1-3,6-8H2,(H,20,21). The molecule has 0 unspecified atom stereocenters. The van der Waals surface area contributed by atoms with E-state index in [0.717, 1.165) is 19.3 Å². The minimum atomic E-state index is -3.30. The zero-order valence-corrected chi connectivity index (χ0v) is 12.3. The average Bonchev–Trinajstić information content (AvgIpc) is 2.49. The summed E-state index contributed by atoms with van der Waals surface area (Å²) in [6, 6.07) is 1.35. The fraction of sp³-hybridized carbons (Fsp3) is 0.533. The summed E-state index contributed by atoms with van der Waals surface area (Å²) in [5.74, 6) is -4.74. The van der Waals surface area contributed by atoms with Gasteiger partial charge in [0.15, 0.2) is 11.6 Å². The molecular formula is C15H17F4NO3. The van der Waals surface area contributed by atoms with Gasteiger partial charge in [0.2, 0.25) is 0 Å². The van der Waals surface area contributed by atoms with Crippen LogP contribution >= 0.6 is 0 Å². The molecule has 0 saturated heterocycles. The highest BCUT2D eigenvalue weighted by Gasteiger charge is 2.31. The van der Waals surface area contributed by atoms with Crippen molar-refractivity contribution in [2.24, 2.45) is 0 Å². The number of hydrogen-bond acceptors (Lipinski definition) is 3. The van der Waals surface area contributed by atoms with Crippen molar-refractivity contribution in [1.82, 2.24) is 5.32 Å². The van der Waals surface area contributed by atoms with E-state index in [2.05, 4.69) is 10.1 Å². The Labute approximate surface area is 130 Å². The Morgan fingerprint density at radius 1 is 1.26 bits per heavy atom. The number of alkyl halides is 2. The first-order chi connectivity index (χ1) is 10.8. The fourth-order valence-electron chi connectivity index (χ4n) is 2.65. The third-order valence-electron chi connectivity index (χ3n) is 3.86. The smallest absolute Gasteiger partial charge is 0.387 e. The maximum atomic E-state index is 14.0. The van der Waals surface area contributed by atoms with Crippen molar-refractivity contribution in [2.75, 3.05) is 6.54 Å². The number of halogens is 4. The van der Waals surface area contributed by atoms with Gasteiger partial charge in [-0.1, -0.05) is 19.3 Å². The van der Waals surface area contributed by atoms with E-state index < -0.39 is 41.1 Å². The summed E-state index contributed by atoms with van der Waals surface area (Å²) in [5.41, 5.74) is -2.12. The van der Waals surface area contributed by atoms with Crippen molar-refractivity contribution < 1.29 is 32.2 Å². The molecule has 0 heterocycles. The number of carbonyl (C=O) groups excluding carboxylic acids is 1. The van der Waals surface area contributed by atoms with Crippen LogP contribution in [-0.4, -0.2) is 29.8 Å². The van der Waals surface area contributed by atoms with Crippen LogP contribution in [0.2, 0.25) is 0 Å². The van der Waals surface area contributed by atoms with Crippen LogP contribution in [-0.2, 0) is 0 Å². The molecule has 1 aromatic carbocycles. The summed E-state index contributed by atoms with van der Waals surface area (Å²) in [7, 11) is 0. The predicted molar refractivity (Wildman–Crippen MR) is 73.4 cm³/mol. The molecule has 23 heavy (non-hydrogen) atoms. The molecule has 0 bridgehead atoms. The quantitative estimate of drug-likeness (QED) is 0.814. The molecule has 0 spiro atoms. The van der Waals surface area contributed by atoms with Crippen molar-refractivity contribution in [3.63, 3.8) is 0 Å². The summed E-state index contributed by atoms with van der Waals surface area (Å²) in [4.78, 5) is 12.0. The molecule has 4 nitrogen and oxygen atoms in total. The number of carbonyl (C=O) groups is 1. The molecule has 1 aliphatic rings. The minimum absolute atomic E-state index is 0.162. The first-order valence-corrected chi connectivity index (χ1v) is 7.26. The molecule has 8 heteroatoms. The number of amides is 1. The molecular weight excluding hydrogens is 318 g/mol. The van der Waals surface area contributed by atoms with Crippen molar-refractivity contribution in [3.05, 3.63) is 29.3 Å². The van der Waals surface area contributed by atoms with Crippen LogP contribution in [0.5, 0.6) is 5.75 Å². The molecule has 2 N–H and O–H groups in total. The van der Waals surface area contributed by atoms with Gasteiger partial charge in [-0.25, -0.2) is 8.78 Å². The maximum Gasteiger partial charge on any atom is 0.387 e. The normalized spacial score (nSPS) is 17.1. The van der Waals surface area contributed by atoms with E-state index in [1.54, 1.807) is 0 Å². The second kappa shape index (κ2) is 7.16. The van der Waals surface area contributed by atoms with Gasteiger partial charge in [0, 0.05) is 6.54 Å². The molecule has 1 aromatic rings. The highest BCUT2D eigenvalue weighted by atomic mass is 19.3. The zero-order valence-electron chi connectivity index (χ0n) is 12.3. The molecule has 1 saturated carbocycles. The van der Waals surface area contributed by atoms with E-state index in [-0.39, 0.29) is 6.54 Å². The summed E-state index contributed by atoms with van der Waals surface area (Å²) < 4.78 is 55.9. The zero-order chi connectivity index (χ0) is 17.0. The van der Waals surface area contributed by atoms with Gasteiger partial charge in [0.1, 0.15) is 11.4 Å². The van der Waals surface area contributed by atoms with Gasteiger partial charge >= 0.3 is 6.61 Å². The van der Waals surface area contributed by atoms with Crippen molar-refractivity contribution in [3.8, 4) is 5.75 Å². The van der Waals surface area contributed by atoms with Gasteiger partial charge in [-0.05, 0) is 25.0 Å². The maximum absolute atomic E-state index is 14.0. The Bertz CT molecular complexity index is 574. The van der Waals surface area contributed by atoms with Crippen LogP contribution in [0.15, 0.2) is 12.1 Å². The molecule has 1 aliphatic carbocycles. The molecule has 0 atom stereocenters. The van der Waals surface area contributed by atoms with Crippen LogP contribution in [0, 0.1) is 11.6 Å². The van der Waals surface area contributed by atoms with E-state index in [9.17, 15) is 27.5 Å². The molecule has 2 rings (SSSR count). The van der Waals surface area contributed by atoms with Crippen molar-refractivity contribution in [2.45, 2.75) is 44.3 Å². The number of hydrogen-bond donors (Lipinski definition) is 2. The first-order valence-electron chi connectivity index (χ1n) is 7.26. The molecule has 128 valence electrons. The topological polar surface area (TPSA) is 58.6 Å². The van der Waals surface area contributed by atoms with Gasteiger partial charge in [-0.15, -0.1) is 0 Å². The monoisotopic (exact) mass is 335 g/mol. The second-order valence-corrected chi connectivity index (χ2v) is 5.58. The van der Waals surface area contributed by atoms with Crippen molar-refractivity contribution in [1.29, 1.82) is 0 Å². The van der Waals surface area contributed by atoms with E-state index in [4.69, 9.17) is 0 Å². The Balaban J connectivity index is 2.12. The van der Waals surface area contributed by atoms with Crippen molar-refractivity contribution >= 4 is 5.91 Å². The SMILES string of the molecule is O=C(NCC1(O)CCCCC1)c1c(F)ccc(OC(F)F)c1F. The lowest BCUT2D eigenvalue weighted by molar-refractivity contribution is -0.0523. The number of aliphatic hydroxyl groups is 1. The third-order valence-corrected chi connectivity index (χ3v) is 3.86. The largest absolute Gasteiger partial charge is 0.432 e. The van der Waals surface area contributed by atoms with E-state index in [0.29, 0.717) is 25.0 Å². The lowest BCUT2D eigenvalue weighted by atomic mass is 9.85. The van der Waals surface area contributed by atoms with Gasteiger partial charge in [-0.3, -0.25) is 4.79 Å². The highest BCUT2D eigenvalue weighted by molar-refractivity contribution is 5.95. The van der Waals surface area contributed by atoms with Gasteiger partial charge in [0.25, 0.3) is 5.91 Å². The lowest BCUT2D eigenvalue weighted by Crippen LogP contribution is -2.44. The summed E-state index contributed by atoms with van der Waals surface area (Å²) in [5, 5.41) is 12.5. The molecule has 1 amide bonds. The first kappa shape index (κ1) is 17.5. The Hall–Kier alpha value is -1.83. The molecule has 1 fully saturated rings. The van der Waals surface area contributed by atoms with Gasteiger partial charge in [-0.2, -0.15) is 8.78 Å². The average molecular weight is 335 g/mol. The predicted octanol–water partition coefficient (Wildman–Crippen LogP) is 2.99. The number of rotatable bonds is 5. The lowest BCUT2D eigenvalue weighted by Gasteiger charge is -2.32. The summed E-state index contributed by atoms with van der Waals surface area (Å²) >= 11 is 0. The van der Waals surface area contributed by atoms with Crippen LogP contribution < -0.4 is 10.1 Å². The van der Waals surface area contributed by atoms with Crippen LogP contribution in [0.3, 0.4) is 0 Å². The summed E-state index contributed by atoms with van der Waals surface area (Å²) in [6.45, 7) is -3.46. The molecule has 0 aromatic heterocycles. The second-order valence-electron chi connectivity index (χ2n) is 5.58. The Kier molecular flexibility index (Phi) is 5.46. The van der Waals surface area contributed by atoms with Crippen LogP contribution in [0.25, 0.3) is 0 Å². The highest BCUT2D eigenvalue weighted by Crippen LogP contribution is 2.28. The van der Waals surface area contributed by atoms with E-state index in [1.165, 1.54) is 0 Å². The number of nitrogens with one attached hydrogen (secondary N) is 1. The minimum Gasteiger partial charge on any atom is -0.432 e. The number of ether oxygens (including phenoxy) is 1. The van der Waals surface area contributed by atoms with Crippen LogP contribution in [0.1, 0.15) is 42.5 Å². The number of benzene rings is 1. The molecule has 0 aliphatic heterocycles. The van der Waals surface area contributed by atoms with E-state index >= 15 is 0 Å². The third kappa shape index (κ3) is 4.34.